The van der Waals surface area contributed by atoms with E-state index in [0.29, 0.717) is 0 Å². The Labute approximate surface area is 122 Å². The number of anilines is 1. The second-order valence-corrected chi connectivity index (χ2v) is 5.70. The molecule has 0 saturated carbocycles. The van der Waals surface area contributed by atoms with E-state index in [4.69, 9.17) is 11.6 Å². The van der Waals surface area contributed by atoms with E-state index in [-0.39, 0.29) is 5.37 Å². The third kappa shape index (κ3) is 2.48. The summed E-state index contributed by atoms with van der Waals surface area (Å²) in [6.45, 7) is 2.11. The number of rotatable bonds is 2. The molecule has 1 aromatic carbocycles. The maximum absolute atomic E-state index is 5.94. The first-order valence-electron chi connectivity index (χ1n) is 5.94. The molecular formula is C15H12ClN2S. The maximum Gasteiger partial charge on any atom is 0.111 e. The van der Waals surface area contributed by atoms with Crippen LogP contribution in [0.25, 0.3) is 0 Å². The lowest BCUT2D eigenvalue weighted by Crippen LogP contribution is -2.18. The van der Waals surface area contributed by atoms with Crippen molar-refractivity contribution in [2.45, 2.75) is 12.3 Å². The average Bonchev–Trinajstić information content (AvgIpc) is 2.89. The number of benzene rings is 1. The van der Waals surface area contributed by atoms with E-state index in [2.05, 4.69) is 23.0 Å². The van der Waals surface area contributed by atoms with Crippen LogP contribution < -0.4 is 4.90 Å². The van der Waals surface area contributed by atoms with Gasteiger partial charge in [0, 0.05) is 28.7 Å². The third-order valence-corrected chi connectivity index (χ3v) is 4.29. The molecule has 1 atom stereocenters. The number of thioether (sulfide) groups is 1. The van der Waals surface area contributed by atoms with Gasteiger partial charge >= 0.3 is 0 Å². The second kappa shape index (κ2) is 5.27. The van der Waals surface area contributed by atoms with Gasteiger partial charge in [0.15, 0.2) is 0 Å². The summed E-state index contributed by atoms with van der Waals surface area (Å²) in [7, 11) is 0. The first kappa shape index (κ1) is 12.6. The first-order chi connectivity index (χ1) is 9.25. The number of nitrogens with zero attached hydrogens (tertiary/aromatic N) is 2. The van der Waals surface area contributed by atoms with Crippen LogP contribution in [-0.4, -0.2) is 4.98 Å². The fraction of sp³-hybridized carbons (Fsp3) is 0.133. The minimum Gasteiger partial charge on any atom is -0.322 e. The minimum absolute atomic E-state index is 0.190. The van der Waals surface area contributed by atoms with Gasteiger partial charge in [-0.1, -0.05) is 11.6 Å². The molecule has 0 aliphatic carbocycles. The van der Waals surface area contributed by atoms with Crippen molar-refractivity contribution in [2.75, 3.05) is 4.90 Å². The summed E-state index contributed by atoms with van der Waals surface area (Å²) >= 11 is 7.67. The monoisotopic (exact) mass is 287 g/mol. The molecule has 0 fully saturated rings. The highest BCUT2D eigenvalue weighted by atomic mass is 35.5. The van der Waals surface area contributed by atoms with Crippen LogP contribution in [0.3, 0.4) is 0 Å². The minimum atomic E-state index is 0.190. The molecule has 1 aromatic heterocycles. The Morgan fingerprint density at radius 2 is 2.05 bits per heavy atom. The van der Waals surface area contributed by atoms with Gasteiger partial charge in [-0.25, -0.2) is 0 Å². The molecule has 0 N–H and O–H groups in total. The summed E-state index contributed by atoms with van der Waals surface area (Å²) in [6, 6.07) is 9.85. The van der Waals surface area contributed by atoms with Gasteiger partial charge in [-0.15, -0.1) is 11.8 Å². The Bertz CT molecular complexity index is 610. The van der Waals surface area contributed by atoms with Gasteiger partial charge in [-0.2, -0.15) is 0 Å². The van der Waals surface area contributed by atoms with Crippen molar-refractivity contribution in [3.63, 3.8) is 0 Å². The highest BCUT2D eigenvalue weighted by Gasteiger charge is 2.25. The molecule has 2 aromatic rings. The van der Waals surface area contributed by atoms with Gasteiger partial charge in [0.25, 0.3) is 0 Å². The van der Waals surface area contributed by atoms with Crippen LogP contribution in [-0.2, 0) is 0 Å². The van der Waals surface area contributed by atoms with Crippen molar-refractivity contribution in [1.82, 2.24) is 4.98 Å². The normalized spacial score (nSPS) is 18.0. The maximum atomic E-state index is 5.94. The standard InChI is InChI=1S/C15H12ClN2S/c1-11-6-7-17-10-14(11)15-18(8-9-19-15)13-4-2-12(16)3-5-13/h2-7,9-10,15H,1H3. The van der Waals surface area contributed by atoms with Crippen molar-refractivity contribution < 1.29 is 0 Å². The SMILES string of the molecule is Cc1ccncc1C1SC=[C]N1c1ccc(Cl)cc1. The Balaban J connectivity index is 1.95. The van der Waals surface area contributed by atoms with E-state index >= 15 is 0 Å². The fourth-order valence-electron chi connectivity index (χ4n) is 2.04. The largest absolute Gasteiger partial charge is 0.322 e. The molecular weight excluding hydrogens is 276 g/mol. The van der Waals surface area contributed by atoms with Gasteiger partial charge < -0.3 is 4.90 Å². The highest BCUT2D eigenvalue weighted by Crippen LogP contribution is 2.42. The van der Waals surface area contributed by atoms with Crippen LogP contribution in [0.1, 0.15) is 16.5 Å². The molecule has 95 valence electrons. The summed E-state index contributed by atoms with van der Waals surface area (Å²) in [5, 5.41) is 2.93. The zero-order valence-electron chi connectivity index (χ0n) is 10.4. The highest BCUT2D eigenvalue weighted by molar-refractivity contribution is 8.02. The Morgan fingerprint density at radius 1 is 1.26 bits per heavy atom. The van der Waals surface area contributed by atoms with Crippen molar-refractivity contribution >= 4 is 29.1 Å². The van der Waals surface area contributed by atoms with E-state index < -0.39 is 0 Å². The lowest BCUT2D eigenvalue weighted by atomic mass is 10.1. The van der Waals surface area contributed by atoms with Crippen LogP contribution in [0, 0.1) is 13.1 Å². The number of pyridine rings is 1. The zero-order chi connectivity index (χ0) is 13.2. The lowest BCUT2D eigenvalue weighted by molar-refractivity contribution is 0.920. The molecule has 0 saturated heterocycles. The van der Waals surface area contributed by atoms with Crippen molar-refractivity contribution in [2.24, 2.45) is 0 Å². The van der Waals surface area contributed by atoms with Gasteiger partial charge in [0.2, 0.25) is 0 Å². The predicted molar refractivity (Wildman–Crippen MR) is 81.1 cm³/mol. The van der Waals surface area contributed by atoms with Crippen LogP contribution in [0.2, 0.25) is 5.02 Å². The zero-order valence-corrected chi connectivity index (χ0v) is 11.9. The van der Waals surface area contributed by atoms with E-state index in [0.717, 1.165) is 10.7 Å². The van der Waals surface area contributed by atoms with Crippen LogP contribution in [0.15, 0.2) is 48.1 Å². The molecule has 4 heteroatoms. The molecule has 1 radical (unpaired) electrons. The molecule has 3 rings (SSSR count). The van der Waals surface area contributed by atoms with E-state index in [1.165, 1.54) is 11.1 Å². The quantitative estimate of drug-likeness (QED) is 0.805. The summed E-state index contributed by atoms with van der Waals surface area (Å²) in [5.41, 5.74) is 3.53. The van der Waals surface area contributed by atoms with Crippen molar-refractivity contribution in [1.29, 1.82) is 0 Å². The van der Waals surface area contributed by atoms with Gasteiger partial charge in [-0.3, -0.25) is 4.98 Å². The molecule has 19 heavy (non-hydrogen) atoms. The summed E-state index contributed by atoms with van der Waals surface area (Å²) in [6.07, 6.45) is 7.02. The molecule has 1 unspecified atom stereocenters. The molecule has 0 spiro atoms. The predicted octanol–water partition coefficient (Wildman–Crippen LogP) is 4.57. The average molecular weight is 288 g/mol. The number of halogens is 1. The Kier molecular flexibility index (Phi) is 3.49. The number of hydrogen-bond donors (Lipinski definition) is 0. The second-order valence-electron chi connectivity index (χ2n) is 4.31. The topological polar surface area (TPSA) is 16.1 Å². The fourth-order valence-corrected chi connectivity index (χ4v) is 3.17. The van der Waals surface area contributed by atoms with E-state index in [1.807, 2.05) is 48.1 Å². The molecule has 1 aliphatic heterocycles. The Morgan fingerprint density at radius 3 is 2.79 bits per heavy atom. The van der Waals surface area contributed by atoms with Crippen LogP contribution >= 0.6 is 23.4 Å². The van der Waals surface area contributed by atoms with Gasteiger partial charge in [-0.05, 0) is 48.2 Å². The lowest BCUT2D eigenvalue weighted by Gasteiger charge is -2.25. The third-order valence-electron chi connectivity index (χ3n) is 3.07. The Hall–Kier alpha value is -1.45. The van der Waals surface area contributed by atoms with E-state index in [9.17, 15) is 0 Å². The van der Waals surface area contributed by atoms with E-state index in [1.54, 1.807) is 11.8 Å². The summed E-state index contributed by atoms with van der Waals surface area (Å²) < 4.78 is 0. The molecule has 2 heterocycles. The van der Waals surface area contributed by atoms with Crippen LogP contribution in [0.5, 0.6) is 0 Å². The van der Waals surface area contributed by atoms with Crippen molar-refractivity contribution in [3.8, 4) is 0 Å². The smallest absolute Gasteiger partial charge is 0.111 e. The molecule has 0 bridgehead atoms. The number of aromatic nitrogens is 1. The van der Waals surface area contributed by atoms with Crippen molar-refractivity contribution in [3.05, 3.63) is 70.5 Å². The summed E-state index contributed by atoms with van der Waals surface area (Å²) in [5.74, 6) is 0. The van der Waals surface area contributed by atoms with Gasteiger partial charge in [0.1, 0.15) is 5.37 Å². The van der Waals surface area contributed by atoms with Gasteiger partial charge in [0.05, 0.1) is 6.20 Å². The molecule has 2 nitrogen and oxygen atoms in total. The van der Waals surface area contributed by atoms with Crippen LogP contribution in [0.4, 0.5) is 5.69 Å². The number of aryl methyl sites for hydroxylation is 1. The molecule has 1 aliphatic rings. The molecule has 0 amide bonds. The summed E-state index contributed by atoms with van der Waals surface area (Å²) in [4.78, 5) is 6.35. The first-order valence-corrected chi connectivity index (χ1v) is 7.26. The number of hydrogen-bond acceptors (Lipinski definition) is 3.